The number of hydrogen-bond donors (Lipinski definition) is 1. The first kappa shape index (κ1) is 13.8. The van der Waals surface area contributed by atoms with Crippen LogP contribution in [0.2, 0.25) is 0 Å². The molecule has 1 atom stereocenters. The lowest BCUT2D eigenvalue weighted by Gasteiger charge is -2.17. The average Bonchev–Trinajstić information content (AvgIpc) is 2.96. The highest BCUT2D eigenvalue weighted by Gasteiger charge is 2.10. The number of nitrogens with zero attached hydrogens (tertiary/aromatic N) is 2. The maximum absolute atomic E-state index is 4.44. The van der Waals surface area contributed by atoms with E-state index in [1.807, 2.05) is 12.3 Å². The summed E-state index contributed by atoms with van der Waals surface area (Å²) in [6.45, 7) is 6.20. The quantitative estimate of drug-likeness (QED) is 0.770. The van der Waals surface area contributed by atoms with Crippen LogP contribution in [0, 0.1) is 0 Å². The Morgan fingerprint density at radius 3 is 2.86 bits per heavy atom. The topological polar surface area (TPSA) is 29.9 Å². The lowest BCUT2D eigenvalue weighted by molar-refractivity contribution is 0.554. The molecule has 1 unspecified atom stereocenters. The van der Waals surface area contributed by atoms with E-state index in [4.69, 9.17) is 0 Å². The summed E-state index contributed by atoms with van der Waals surface area (Å²) in [5.41, 5.74) is 3.68. The van der Waals surface area contributed by atoms with Gasteiger partial charge in [0.05, 0.1) is 5.52 Å². The number of fused-ring (bicyclic) bond motifs is 1. The van der Waals surface area contributed by atoms with Crippen LogP contribution in [0.25, 0.3) is 10.9 Å². The van der Waals surface area contributed by atoms with Gasteiger partial charge in [0.1, 0.15) is 0 Å². The van der Waals surface area contributed by atoms with Crippen molar-refractivity contribution in [2.24, 2.45) is 0 Å². The zero-order chi connectivity index (χ0) is 14.7. The van der Waals surface area contributed by atoms with Gasteiger partial charge in [-0.25, -0.2) is 0 Å². The normalized spacial score (nSPS) is 12.7. The van der Waals surface area contributed by atoms with Crippen LogP contribution in [0.5, 0.6) is 0 Å². The molecule has 108 valence electrons. The third-order valence-corrected chi connectivity index (χ3v) is 3.90. The molecule has 21 heavy (non-hydrogen) atoms. The molecule has 0 saturated carbocycles. The van der Waals surface area contributed by atoms with Crippen LogP contribution < -0.4 is 5.32 Å². The molecule has 1 N–H and O–H groups in total. The average molecular weight is 279 g/mol. The molecule has 0 saturated heterocycles. The molecule has 3 rings (SSSR count). The number of nitrogens with one attached hydrogen (secondary N) is 1. The molecule has 3 heteroatoms. The van der Waals surface area contributed by atoms with Gasteiger partial charge in [0.25, 0.3) is 0 Å². The number of aromatic nitrogens is 2. The van der Waals surface area contributed by atoms with Gasteiger partial charge in [-0.3, -0.25) is 4.98 Å². The van der Waals surface area contributed by atoms with Gasteiger partial charge in [0.2, 0.25) is 0 Å². The summed E-state index contributed by atoms with van der Waals surface area (Å²) in [6, 6.07) is 15.1. The summed E-state index contributed by atoms with van der Waals surface area (Å²) >= 11 is 0. The fraction of sp³-hybridized carbons (Fsp3) is 0.278. The number of benzene rings is 1. The maximum Gasteiger partial charge on any atom is 0.0705 e. The highest BCUT2D eigenvalue weighted by atomic mass is 15.0. The van der Waals surface area contributed by atoms with Crippen LogP contribution in [-0.2, 0) is 6.54 Å². The predicted molar refractivity (Wildman–Crippen MR) is 87.4 cm³/mol. The highest BCUT2D eigenvalue weighted by molar-refractivity contribution is 5.81. The van der Waals surface area contributed by atoms with Gasteiger partial charge in [0.15, 0.2) is 0 Å². The zero-order valence-electron chi connectivity index (χ0n) is 12.6. The fourth-order valence-corrected chi connectivity index (χ4v) is 2.85. The van der Waals surface area contributed by atoms with E-state index in [9.17, 15) is 0 Å². The van der Waals surface area contributed by atoms with Crippen molar-refractivity contribution in [2.45, 2.75) is 26.4 Å². The van der Waals surface area contributed by atoms with Gasteiger partial charge in [0, 0.05) is 36.1 Å². The van der Waals surface area contributed by atoms with Crippen molar-refractivity contribution in [3.63, 3.8) is 0 Å². The fourth-order valence-electron chi connectivity index (χ4n) is 2.85. The summed E-state index contributed by atoms with van der Waals surface area (Å²) in [4.78, 5) is 4.44. The van der Waals surface area contributed by atoms with Gasteiger partial charge in [-0.1, -0.05) is 25.1 Å². The summed E-state index contributed by atoms with van der Waals surface area (Å²) in [5, 5.41) is 4.71. The molecule has 0 radical (unpaired) electrons. The van der Waals surface area contributed by atoms with E-state index in [2.05, 4.69) is 71.3 Å². The van der Waals surface area contributed by atoms with Gasteiger partial charge in [-0.15, -0.1) is 0 Å². The highest BCUT2D eigenvalue weighted by Crippen LogP contribution is 2.20. The van der Waals surface area contributed by atoms with E-state index >= 15 is 0 Å². The van der Waals surface area contributed by atoms with Gasteiger partial charge in [-0.2, -0.15) is 0 Å². The molecule has 2 aromatic heterocycles. The number of rotatable bonds is 5. The Bertz CT molecular complexity index is 725. The van der Waals surface area contributed by atoms with Crippen LogP contribution in [-0.4, -0.2) is 16.1 Å². The van der Waals surface area contributed by atoms with Crippen molar-refractivity contribution in [3.05, 3.63) is 66.1 Å². The van der Waals surface area contributed by atoms with Crippen LogP contribution in [0.15, 0.2) is 54.9 Å². The van der Waals surface area contributed by atoms with Crippen LogP contribution in [0.4, 0.5) is 0 Å². The second kappa shape index (κ2) is 6.10. The van der Waals surface area contributed by atoms with Crippen molar-refractivity contribution in [3.8, 4) is 0 Å². The monoisotopic (exact) mass is 279 g/mol. The van der Waals surface area contributed by atoms with E-state index in [1.165, 1.54) is 16.6 Å². The first-order valence-electron chi connectivity index (χ1n) is 7.50. The molecule has 0 spiro atoms. The molecule has 0 bridgehead atoms. The van der Waals surface area contributed by atoms with E-state index in [-0.39, 0.29) is 0 Å². The number of hydrogen-bond acceptors (Lipinski definition) is 2. The van der Waals surface area contributed by atoms with E-state index in [0.717, 1.165) is 18.6 Å². The van der Waals surface area contributed by atoms with Gasteiger partial charge < -0.3 is 9.88 Å². The van der Waals surface area contributed by atoms with Crippen molar-refractivity contribution >= 4 is 10.9 Å². The van der Waals surface area contributed by atoms with Crippen molar-refractivity contribution in [1.82, 2.24) is 14.9 Å². The second-order valence-corrected chi connectivity index (χ2v) is 5.33. The number of para-hydroxylation sites is 1. The van der Waals surface area contributed by atoms with Crippen molar-refractivity contribution in [1.29, 1.82) is 0 Å². The summed E-state index contributed by atoms with van der Waals surface area (Å²) in [5.74, 6) is 0. The Hall–Kier alpha value is -2.13. The maximum atomic E-state index is 4.44. The Labute approximate surface area is 125 Å². The summed E-state index contributed by atoms with van der Waals surface area (Å²) in [7, 11) is 0. The van der Waals surface area contributed by atoms with E-state index in [1.54, 1.807) is 0 Å². The minimum Gasteiger partial charge on any atom is -0.346 e. The molecule has 0 aliphatic rings. The molecule has 0 aliphatic carbocycles. The third kappa shape index (κ3) is 2.83. The Kier molecular flexibility index (Phi) is 4.02. The molecule has 3 aromatic rings. The standard InChI is InChI=1S/C18H21N3/c1-3-19-14(2)18-9-6-12-21(18)13-15-10-11-20-17-8-5-4-7-16(15)17/h4-12,14,19H,3,13H2,1-2H3. The first-order valence-corrected chi connectivity index (χ1v) is 7.50. The Morgan fingerprint density at radius 1 is 1.14 bits per heavy atom. The Morgan fingerprint density at radius 2 is 2.00 bits per heavy atom. The van der Waals surface area contributed by atoms with E-state index in [0.29, 0.717) is 6.04 Å². The first-order chi connectivity index (χ1) is 10.3. The lowest BCUT2D eigenvalue weighted by Crippen LogP contribution is -2.20. The molecule has 2 heterocycles. The van der Waals surface area contributed by atoms with Crippen molar-refractivity contribution < 1.29 is 0 Å². The smallest absolute Gasteiger partial charge is 0.0705 e. The minimum absolute atomic E-state index is 0.359. The van der Waals surface area contributed by atoms with Crippen LogP contribution >= 0.6 is 0 Å². The predicted octanol–water partition coefficient (Wildman–Crippen LogP) is 3.76. The molecular weight excluding hydrogens is 258 g/mol. The van der Waals surface area contributed by atoms with Gasteiger partial charge in [-0.05, 0) is 43.3 Å². The molecule has 1 aromatic carbocycles. The van der Waals surface area contributed by atoms with Crippen LogP contribution in [0.3, 0.4) is 0 Å². The molecule has 0 amide bonds. The van der Waals surface area contributed by atoms with E-state index < -0.39 is 0 Å². The lowest BCUT2D eigenvalue weighted by atomic mass is 10.1. The molecular formula is C18H21N3. The largest absolute Gasteiger partial charge is 0.346 e. The third-order valence-electron chi connectivity index (χ3n) is 3.90. The second-order valence-electron chi connectivity index (χ2n) is 5.33. The minimum atomic E-state index is 0.359. The molecule has 0 fully saturated rings. The number of pyridine rings is 1. The SMILES string of the molecule is CCNC(C)c1cccn1Cc1ccnc2ccccc12. The van der Waals surface area contributed by atoms with Gasteiger partial charge >= 0.3 is 0 Å². The summed E-state index contributed by atoms with van der Waals surface area (Å²) in [6.07, 6.45) is 4.05. The van der Waals surface area contributed by atoms with Crippen molar-refractivity contribution in [2.75, 3.05) is 6.54 Å². The molecule has 0 aliphatic heterocycles. The molecule has 3 nitrogen and oxygen atoms in total. The summed E-state index contributed by atoms with van der Waals surface area (Å²) < 4.78 is 2.31. The zero-order valence-corrected chi connectivity index (χ0v) is 12.6. The Balaban J connectivity index is 1.94. The van der Waals surface area contributed by atoms with Crippen LogP contribution in [0.1, 0.15) is 31.1 Å².